The Balaban J connectivity index is 2.55. The van der Waals surface area contributed by atoms with E-state index in [0.717, 1.165) is 6.42 Å². The molecular formula is C7H16N2O3S. The molecule has 0 aromatic rings. The van der Waals surface area contributed by atoms with Crippen LogP contribution in [-0.4, -0.2) is 44.1 Å². The number of hydrogen-bond acceptors (Lipinski definition) is 3. The molecule has 6 heteroatoms. The van der Waals surface area contributed by atoms with Crippen molar-refractivity contribution in [2.45, 2.75) is 13.3 Å². The van der Waals surface area contributed by atoms with Gasteiger partial charge in [-0.05, 0) is 12.3 Å². The molecule has 1 aliphatic heterocycles. The minimum absolute atomic E-state index is 0.0676. The SMILES string of the molecule is CCNS(=O)(=O)N1CCC(CO)C1. The van der Waals surface area contributed by atoms with E-state index in [0.29, 0.717) is 19.6 Å². The van der Waals surface area contributed by atoms with Crippen LogP contribution in [0.5, 0.6) is 0 Å². The van der Waals surface area contributed by atoms with Crippen molar-refractivity contribution in [3.63, 3.8) is 0 Å². The quantitative estimate of drug-likeness (QED) is 0.632. The topological polar surface area (TPSA) is 69.6 Å². The first-order chi connectivity index (χ1) is 6.10. The molecule has 0 saturated carbocycles. The average Bonchev–Trinajstić information content (AvgIpc) is 2.52. The van der Waals surface area contributed by atoms with Crippen molar-refractivity contribution in [1.82, 2.24) is 9.03 Å². The molecule has 0 amide bonds. The fraction of sp³-hybridized carbons (Fsp3) is 1.00. The van der Waals surface area contributed by atoms with Gasteiger partial charge in [-0.15, -0.1) is 0 Å². The molecule has 0 aromatic heterocycles. The van der Waals surface area contributed by atoms with Crippen LogP contribution >= 0.6 is 0 Å². The molecule has 13 heavy (non-hydrogen) atoms. The molecule has 1 rings (SSSR count). The lowest BCUT2D eigenvalue weighted by Gasteiger charge is -2.15. The van der Waals surface area contributed by atoms with Crippen LogP contribution in [-0.2, 0) is 10.2 Å². The Bertz CT molecular complexity index is 252. The number of nitrogens with one attached hydrogen (secondary N) is 1. The summed E-state index contributed by atoms with van der Waals surface area (Å²) >= 11 is 0. The highest BCUT2D eigenvalue weighted by Crippen LogP contribution is 2.17. The molecule has 1 aliphatic rings. The smallest absolute Gasteiger partial charge is 0.279 e. The van der Waals surface area contributed by atoms with E-state index in [-0.39, 0.29) is 12.5 Å². The lowest BCUT2D eigenvalue weighted by molar-refractivity contribution is 0.233. The van der Waals surface area contributed by atoms with Gasteiger partial charge in [0, 0.05) is 26.2 Å². The zero-order valence-corrected chi connectivity index (χ0v) is 8.55. The number of hydrogen-bond donors (Lipinski definition) is 2. The Morgan fingerprint density at radius 1 is 1.62 bits per heavy atom. The summed E-state index contributed by atoms with van der Waals surface area (Å²) < 4.78 is 26.7. The Hall–Kier alpha value is -0.170. The van der Waals surface area contributed by atoms with Gasteiger partial charge in [-0.3, -0.25) is 0 Å². The number of aliphatic hydroxyl groups is 1. The van der Waals surface area contributed by atoms with Crippen LogP contribution in [0.3, 0.4) is 0 Å². The van der Waals surface area contributed by atoms with Crippen molar-refractivity contribution >= 4 is 10.2 Å². The largest absolute Gasteiger partial charge is 0.396 e. The molecule has 0 aromatic carbocycles. The molecule has 0 aliphatic carbocycles. The highest BCUT2D eigenvalue weighted by molar-refractivity contribution is 7.87. The Morgan fingerprint density at radius 2 is 2.31 bits per heavy atom. The van der Waals surface area contributed by atoms with Gasteiger partial charge in [0.15, 0.2) is 0 Å². The average molecular weight is 208 g/mol. The molecule has 1 fully saturated rings. The van der Waals surface area contributed by atoms with Crippen LogP contribution in [0.4, 0.5) is 0 Å². The third kappa shape index (κ3) is 2.63. The van der Waals surface area contributed by atoms with Crippen molar-refractivity contribution in [1.29, 1.82) is 0 Å². The lowest BCUT2D eigenvalue weighted by atomic mass is 10.1. The monoisotopic (exact) mass is 208 g/mol. The van der Waals surface area contributed by atoms with Gasteiger partial charge in [0.2, 0.25) is 0 Å². The first kappa shape index (κ1) is 10.9. The second-order valence-corrected chi connectivity index (χ2v) is 4.95. The van der Waals surface area contributed by atoms with Gasteiger partial charge in [-0.1, -0.05) is 6.92 Å². The molecule has 0 radical (unpaired) electrons. The second-order valence-electron chi connectivity index (χ2n) is 3.20. The summed E-state index contributed by atoms with van der Waals surface area (Å²) in [5, 5.41) is 8.84. The zero-order chi connectivity index (χ0) is 9.90. The second kappa shape index (κ2) is 4.36. The van der Waals surface area contributed by atoms with Crippen LogP contribution in [0.15, 0.2) is 0 Å². The maximum Gasteiger partial charge on any atom is 0.279 e. The highest BCUT2D eigenvalue weighted by atomic mass is 32.2. The summed E-state index contributed by atoms with van der Waals surface area (Å²) in [5.74, 6) is 0.105. The van der Waals surface area contributed by atoms with Gasteiger partial charge in [0.1, 0.15) is 0 Å². The fourth-order valence-electron chi connectivity index (χ4n) is 1.44. The maximum atomic E-state index is 11.4. The van der Waals surface area contributed by atoms with E-state index in [1.165, 1.54) is 4.31 Å². The summed E-state index contributed by atoms with van der Waals surface area (Å²) in [4.78, 5) is 0. The molecule has 1 saturated heterocycles. The summed E-state index contributed by atoms with van der Waals surface area (Å²) in [5.41, 5.74) is 0. The number of rotatable bonds is 4. The summed E-state index contributed by atoms with van der Waals surface area (Å²) in [6.45, 7) is 3.17. The van der Waals surface area contributed by atoms with E-state index in [1.54, 1.807) is 6.92 Å². The van der Waals surface area contributed by atoms with E-state index < -0.39 is 10.2 Å². The van der Waals surface area contributed by atoms with Crippen LogP contribution in [0, 0.1) is 5.92 Å². The van der Waals surface area contributed by atoms with Gasteiger partial charge in [-0.25, -0.2) is 4.72 Å². The molecule has 1 atom stereocenters. The maximum absolute atomic E-state index is 11.4. The van der Waals surface area contributed by atoms with Crippen LogP contribution in [0.1, 0.15) is 13.3 Å². The molecular weight excluding hydrogens is 192 g/mol. The van der Waals surface area contributed by atoms with E-state index in [1.807, 2.05) is 0 Å². The minimum atomic E-state index is -3.28. The zero-order valence-electron chi connectivity index (χ0n) is 7.73. The Labute approximate surface area is 78.9 Å². The molecule has 0 spiro atoms. The summed E-state index contributed by atoms with van der Waals surface area (Å²) in [6.07, 6.45) is 0.751. The van der Waals surface area contributed by atoms with Crippen molar-refractivity contribution in [2.75, 3.05) is 26.2 Å². The minimum Gasteiger partial charge on any atom is -0.396 e. The normalized spacial score (nSPS) is 25.2. The van der Waals surface area contributed by atoms with E-state index in [9.17, 15) is 8.42 Å². The Morgan fingerprint density at radius 3 is 2.77 bits per heavy atom. The Kier molecular flexibility index (Phi) is 3.66. The van der Waals surface area contributed by atoms with E-state index >= 15 is 0 Å². The predicted octanol–water partition coefficient (Wildman–Crippen LogP) is -0.845. The molecule has 5 nitrogen and oxygen atoms in total. The third-order valence-electron chi connectivity index (χ3n) is 2.17. The molecule has 2 N–H and O–H groups in total. The molecule has 1 heterocycles. The predicted molar refractivity (Wildman–Crippen MR) is 49.4 cm³/mol. The molecule has 1 unspecified atom stereocenters. The standard InChI is InChI=1S/C7H16N2O3S/c1-2-8-13(11,12)9-4-3-7(5-9)6-10/h7-8,10H,2-6H2,1H3. The van der Waals surface area contributed by atoms with Gasteiger partial charge in [-0.2, -0.15) is 12.7 Å². The third-order valence-corrected chi connectivity index (χ3v) is 3.84. The first-order valence-corrected chi connectivity index (χ1v) is 5.89. The van der Waals surface area contributed by atoms with E-state index in [2.05, 4.69) is 4.72 Å². The number of aliphatic hydroxyl groups excluding tert-OH is 1. The summed E-state index contributed by atoms with van der Waals surface area (Å²) in [6, 6.07) is 0. The van der Waals surface area contributed by atoms with E-state index in [4.69, 9.17) is 5.11 Å². The highest BCUT2D eigenvalue weighted by Gasteiger charge is 2.30. The van der Waals surface area contributed by atoms with Crippen LogP contribution < -0.4 is 4.72 Å². The fourth-order valence-corrected chi connectivity index (χ4v) is 2.74. The molecule has 78 valence electrons. The summed E-state index contributed by atoms with van der Waals surface area (Å²) in [7, 11) is -3.28. The van der Waals surface area contributed by atoms with Gasteiger partial charge in [0.25, 0.3) is 10.2 Å². The first-order valence-electron chi connectivity index (χ1n) is 4.45. The number of nitrogens with zero attached hydrogens (tertiary/aromatic N) is 1. The van der Waals surface area contributed by atoms with Gasteiger partial charge < -0.3 is 5.11 Å². The van der Waals surface area contributed by atoms with Crippen LogP contribution in [0.2, 0.25) is 0 Å². The van der Waals surface area contributed by atoms with Gasteiger partial charge >= 0.3 is 0 Å². The van der Waals surface area contributed by atoms with Gasteiger partial charge in [0.05, 0.1) is 0 Å². The molecule has 0 bridgehead atoms. The van der Waals surface area contributed by atoms with Crippen molar-refractivity contribution in [3.8, 4) is 0 Å². The van der Waals surface area contributed by atoms with Crippen molar-refractivity contribution in [3.05, 3.63) is 0 Å². The van der Waals surface area contributed by atoms with Crippen molar-refractivity contribution < 1.29 is 13.5 Å². The van der Waals surface area contributed by atoms with Crippen molar-refractivity contribution in [2.24, 2.45) is 5.92 Å². The lowest BCUT2D eigenvalue weighted by Crippen LogP contribution is -2.39. The van der Waals surface area contributed by atoms with Crippen LogP contribution in [0.25, 0.3) is 0 Å².